The molecule has 0 bridgehead atoms. The Balaban J connectivity index is 1.64. The van der Waals surface area contributed by atoms with Crippen LogP contribution in [0.2, 0.25) is 0 Å². The summed E-state index contributed by atoms with van der Waals surface area (Å²) < 4.78 is 5.28. The zero-order chi connectivity index (χ0) is 25.5. The SMILES string of the molecule is COc1ccc(C)cc1NC(=O)CSc1n[nH]c([C@H](NC(=O)c2cccc([N+](=O)[O-])c2)C(C)C)n1. The zero-order valence-electron chi connectivity index (χ0n) is 19.7. The van der Waals surface area contributed by atoms with Crippen LogP contribution in [0.1, 0.15) is 41.6 Å². The van der Waals surface area contributed by atoms with Gasteiger partial charge < -0.3 is 15.4 Å². The van der Waals surface area contributed by atoms with Gasteiger partial charge in [0.25, 0.3) is 11.6 Å². The second-order valence-corrected chi connectivity index (χ2v) is 8.99. The first-order valence-corrected chi connectivity index (χ1v) is 11.7. The average Bonchev–Trinajstić information content (AvgIpc) is 3.29. The normalized spacial score (nSPS) is 11.7. The fourth-order valence-electron chi connectivity index (χ4n) is 3.23. The number of H-pyrrole nitrogens is 1. The molecule has 12 heteroatoms. The summed E-state index contributed by atoms with van der Waals surface area (Å²) in [7, 11) is 1.53. The Morgan fingerprint density at radius 3 is 2.69 bits per heavy atom. The van der Waals surface area contributed by atoms with Gasteiger partial charge in [-0.1, -0.05) is 37.7 Å². The molecule has 0 aliphatic carbocycles. The van der Waals surface area contributed by atoms with Crippen molar-refractivity contribution in [3.8, 4) is 5.75 Å². The molecule has 0 saturated carbocycles. The zero-order valence-corrected chi connectivity index (χ0v) is 20.5. The number of nitrogens with one attached hydrogen (secondary N) is 3. The highest BCUT2D eigenvalue weighted by atomic mass is 32.2. The van der Waals surface area contributed by atoms with Crippen LogP contribution in [-0.2, 0) is 4.79 Å². The predicted molar refractivity (Wildman–Crippen MR) is 132 cm³/mol. The second kappa shape index (κ2) is 11.5. The molecule has 3 aromatic rings. The van der Waals surface area contributed by atoms with Crippen molar-refractivity contribution < 1.29 is 19.2 Å². The molecule has 35 heavy (non-hydrogen) atoms. The van der Waals surface area contributed by atoms with Crippen molar-refractivity contribution in [2.24, 2.45) is 5.92 Å². The summed E-state index contributed by atoms with van der Waals surface area (Å²) in [4.78, 5) is 40.0. The van der Waals surface area contributed by atoms with Gasteiger partial charge in [-0.05, 0) is 36.6 Å². The third kappa shape index (κ3) is 6.79. The van der Waals surface area contributed by atoms with Crippen LogP contribution >= 0.6 is 11.8 Å². The van der Waals surface area contributed by atoms with E-state index in [1.807, 2.05) is 32.9 Å². The number of carbonyl (C=O) groups excluding carboxylic acids is 2. The van der Waals surface area contributed by atoms with Crippen molar-refractivity contribution in [2.75, 3.05) is 18.2 Å². The Kier molecular flexibility index (Phi) is 8.42. The number of non-ortho nitro benzene ring substituents is 1. The molecule has 2 amide bonds. The van der Waals surface area contributed by atoms with Crippen LogP contribution in [0.5, 0.6) is 5.75 Å². The molecule has 1 aromatic heterocycles. The summed E-state index contributed by atoms with van der Waals surface area (Å²) in [5, 5.41) is 24.0. The van der Waals surface area contributed by atoms with Crippen LogP contribution < -0.4 is 15.4 Å². The van der Waals surface area contributed by atoms with E-state index in [1.165, 1.54) is 31.4 Å². The topological polar surface area (TPSA) is 152 Å². The molecule has 0 fully saturated rings. The van der Waals surface area contributed by atoms with E-state index in [2.05, 4.69) is 25.8 Å². The molecule has 0 saturated heterocycles. The number of thioether (sulfide) groups is 1. The van der Waals surface area contributed by atoms with Crippen LogP contribution in [0.4, 0.5) is 11.4 Å². The first-order valence-electron chi connectivity index (χ1n) is 10.7. The summed E-state index contributed by atoms with van der Waals surface area (Å²) >= 11 is 1.14. The van der Waals surface area contributed by atoms with Crippen LogP contribution in [0.3, 0.4) is 0 Å². The number of aryl methyl sites for hydroxylation is 1. The average molecular weight is 499 g/mol. The lowest BCUT2D eigenvalue weighted by Crippen LogP contribution is -2.32. The number of nitrogens with zero attached hydrogens (tertiary/aromatic N) is 3. The maximum Gasteiger partial charge on any atom is 0.270 e. The molecular weight excluding hydrogens is 472 g/mol. The number of hydrogen-bond donors (Lipinski definition) is 3. The van der Waals surface area contributed by atoms with E-state index >= 15 is 0 Å². The standard InChI is InChI=1S/C23H26N6O5S/c1-13(2)20(25-22(31)15-6-5-7-16(11-15)29(32)33)21-26-23(28-27-21)35-12-19(30)24-17-10-14(3)8-9-18(17)34-4/h5-11,13,20H,12H2,1-4H3,(H,24,30)(H,25,31)(H,26,27,28)/t20-/m1/s1. The third-order valence-electron chi connectivity index (χ3n) is 5.01. The van der Waals surface area contributed by atoms with Gasteiger partial charge in [0.05, 0.1) is 29.5 Å². The van der Waals surface area contributed by atoms with Gasteiger partial charge in [-0.15, -0.1) is 5.10 Å². The fraction of sp³-hybridized carbons (Fsp3) is 0.304. The van der Waals surface area contributed by atoms with Gasteiger partial charge in [0.15, 0.2) is 0 Å². The Morgan fingerprint density at radius 1 is 1.23 bits per heavy atom. The molecule has 1 atom stereocenters. The van der Waals surface area contributed by atoms with Crippen molar-refractivity contribution in [1.29, 1.82) is 0 Å². The summed E-state index contributed by atoms with van der Waals surface area (Å²) in [6, 6.07) is 10.5. The molecule has 11 nitrogen and oxygen atoms in total. The van der Waals surface area contributed by atoms with E-state index < -0.39 is 16.9 Å². The number of benzene rings is 2. The van der Waals surface area contributed by atoms with E-state index in [-0.39, 0.29) is 28.8 Å². The van der Waals surface area contributed by atoms with Crippen molar-refractivity contribution in [1.82, 2.24) is 20.5 Å². The molecule has 0 aliphatic rings. The van der Waals surface area contributed by atoms with Crippen molar-refractivity contribution in [3.05, 3.63) is 69.5 Å². The van der Waals surface area contributed by atoms with Gasteiger partial charge in [0.2, 0.25) is 11.1 Å². The van der Waals surface area contributed by atoms with Crippen molar-refractivity contribution in [2.45, 2.75) is 32.0 Å². The molecule has 0 radical (unpaired) electrons. The first kappa shape index (κ1) is 25.7. The lowest BCUT2D eigenvalue weighted by molar-refractivity contribution is -0.384. The lowest BCUT2D eigenvalue weighted by Gasteiger charge is -2.19. The Hall–Kier alpha value is -3.93. The number of amides is 2. The summed E-state index contributed by atoms with van der Waals surface area (Å²) in [5.74, 6) is 0.283. The highest BCUT2D eigenvalue weighted by Gasteiger charge is 2.24. The number of nitro benzene ring substituents is 1. The smallest absolute Gasteiger partial charge is 0.270 e. The molecule has 0 spiro atoms. The maximum absolute atomic E-state index is 12.7. The quantitative estimate of drug-likeness (QED) is 0.216. The molecule has 0 unspecified atom stereocenters. The van der Waals surface area contributed by atoms with Gasteiger partial charge in [-0.25, -0.2) is 4.98 Å². The number of anilines is 1. The van der Waals surface area contributed by atoms with Gasteiger partial charge in [0.1, 0.15) is 11.6 Å². The van der Waals surface area contributed by atoms with Gasteiger partial charge in [-0.3, -0.25) is 24.8 Å². The van der Waals surface area contributed by atoms with E-state index in [0.29, 0.717) is 22.4 Å². The third-order valence-corrected chi connectivity index (χ3v) is 5.86. The molecule has 2 aromatic carbocycles. The van der Waals surface area contributed by atoms with Crippen molar-refractivity contribution in [3.63, 3.8) is 0 Å². The minimum Gasteiger partial charge on any atom is -0.495 e. The Labute approximate surface area is 206 Å². The van der Waals surface area contributed by atoms with Crippen LogP contribution in [0.15, 0.2) is 47.6 Å². The lowest BCUT2D eigenvalue weighted by atomic mass is 10.0. The van der Waals surface area contributed by atoms with E-state index in [1.54, 1.807) is 6.07 Å². The number of carbonyl (C=O) groups is 2. The van der Waals surface area contributed by atoms with E-state index in [4.69, 9.17) is 4.74 Å². The molecule has 0 aliphatic heterocycles. The monoisotopic (exact) mass is 498 g/mol. The van der Waals surface area contributed by atoms with Crippen LogP contribution in [0, 0.1) is 23.0 Å². The number of nitro groups is 1. The highest BCUT2D eigenvalue weighted by molar-refractivity contribution is 7.99. The van der Waals surface area contributed by atoms with Gasteiger partial charge in [0, 0.05) is 17.7 Å². The maximum atomic E-state index is 12.7. The van der Waals surface area contributed by atoms with E-state index in [9.17, 15) is 19.7 Å². The van der Waals surface area contributed by atoms with Crippen LogP contribution in [0.25, 0.3) is 0 Å². The molecule has 3 N–H and O–H groups in total. The highest BCUT2D eigenvalue weighted by Crippen LogP contribution is 2.26. The number of methoxy groups -OCH3 is 1. The van der Waals surface area contributed by atoms with Gasteiger partial charge >= 0.3 is 0 Å². The summed E-state index contributed by atoms with van der Waals surface area (Å²) in [6.07, 6.45) is 0. The summed E-state index contributed by atoms with van der Waals surface area (Å²) in [6.45, 7) is 5.72. The fourth-order valence-corrected chi connectivity index (χ4v) is 3.84. The first-order chi connectivity index (χ1) is 16.7. The minimum atomic E-state index is -0.554. The second-order valence-electron chi connectivity index (χ2n) is 8.05. The van der Waals surface area contributed by atoms with Crippen LogP contribution in [-0.4, -0.2) is 44.8 Å². The number of rotatable bonds is 10. The number of aromatic nitrogens is 3. The predicted octanol–water partition coefficient (Wildman–Crippen LogP) is 3.89. The molecule has 3 rings (SSSR count). The number of aromatic amines is 1. The van der Waals surface area contributed by atoms with E-state index in [0.717, 1.165) is 17.3 Å². The molecule has 1 heterocycles. The number of ether oxygens (including phenoxy) is 1. The summed E-state index contributed by atoms with van der Waals surface area (Å²) in [5.41, 5.74) is 1.57. The molecular formula is C23H26N6O5S. The molecule has 184 valence electrons. The Bertz CT molecular complexity index is 1230. The van der Waals surface area contributed by atoms with Gasteiger partial charge in [-0.2, -0.15) is 0 Å². The minimum absolute atomic E-state index is 0.0551. The Morgan fingerprint density at radius 2 is 2.00 bits per heavy atom. The van der Waals surface area contributed by atoms with Crippen molar-refractivity contribution >= 4 is 35.0 Å². The largest absolute Gasteiger partial charge is 0.495 e. The number of hydrogen-bond acceptors (Lipinski definition) is 8.